The van der Waals surface area contributed by atoms with E-state index in [-0.39, 0.29) is 34.1 Å². The molecule has 0 saturated heterocycles. The summed E-state index contributed by atoms with van der Waals surface area (Å²) in [6.07, 6.45) is 2.13. The molecule has 0 saturated carbocycles. The van der Waals surface area contributed by atoms with Crippen LogP contribution in [0.15, 0.2) is 59.5 Å². The molecular formula is C26H25ClN4O6S. The molecular weight excluding hydrogens is 532 g/mol. The number of H-pyrrole nitrogens is 1. The molecule has 0 spiro atoms. The lowest BCUT2D eigenvalue weighted by Gasteiger charge is -2.15. The maximum absolute atomic E-state index is 13.7. The highest BCUT2D eigenvalue weighted by Crippen LogP contribution is 2.36. The van der Waals surface area contributed by atoms with Gasteiger partial charge in [0.2, 0.25) is 10.0 Å². The first kappa shape index (κ1) is 27.1. The van der Waals surface area contributed by atoms with Crippen LogP contribution in [0, 0.1) is 10.1 Å². The number of hydrogen-bond donors (Lipinski definition) is 2. The highest BCUT2D eigenvalue weighted by atomic mass is 35.5. The van der Waals surface area contributed by atoms with Crippen LogP contribution < -0.4 is 10.3 Å². The molecule has 0 aliphatic rings. The maximum Gasteiger partial charge on any atom is 0.282 e. The van der Waals surface area contributed by atoms with Gasteiger partial charge in [0.1, 0.15) is 5.69 Å². The maximum atomic E-state index is 13.7. The minimum atomic E-state index is -4.03. The molecule has 2 aromatic heterocycles. The van der Waals surface area contributed by atoms with Crippen LogP contribution in [0.5, 0.6) is 0 Å². The standard InChI is InChI=1S/C26H25ClN4O6S/c1-4-16-7-10-22-20(12-16)23(19-6-5-11-28-25(19)32)24(26(33)29-38(36,37)15(2)3)30(22)14-17-13-18(31(34)35)8-9-21(17)27/h5-13,15H,4,14H2,1-3H3,(H,28,32)(H,29,33). The van der Waals surface area contributed by atoms with Crippen molar-refractivity contribution in [3.63, 3.8) is 0 Å². The van der Waals surface area contributed by atoms with E-state index in [4.69, 9.17) is 11.6 Å². The number of hydrogen-bond acceptors (Lipinski definition) is 6. The summed E-state index contributed by atoms with van der Waals surface area (Å²) in [5.41, 5.74) is 1.46. The largest absolute Gasteiger partial charge is 0.331 e. The van der Waals surface area contributed by atoms with E-state index in [0.29, 0.717) is 22.9 Å². The minimum Gasteiger partial charge on any atom is -0.331 e. The first-order valence-electron chi connectivity index (χ1n) is 11.8. The van der Waals surface area contributed by atoms with Crippen LogP contribution in [-0.2, 0) is 23.0 Å². The number of aromatic amines is 1. The second-order valence-electron chi connectivity index (χ2n) is 8.99. The fourth-order valence-corrected chi connectivity index (χ4v) is 4.94. The number of carbonyl (C=O) groups is 1. The van der Waals surface area contributed by atoms with Crippen LogP contribution in [0.25, 0.3) is 22.0 Å². The lowest BCUT2D eigenvalue weighted by atomic mass is 10.0. The molecule has 0 bridgehead atoms. The molecule has 0 fully saturated rings. The van der Waals surface area contributed by atoms with Crippen molar-refractivity contribution in [2.75, 3.05) is 0 Å². The van der Waals surface area contributed by atoms with Gasteiger partial charge in [-0.15, -0.1) is 0 Å². The molecule has 1 amide bonds. The number of aromatic nitrogens is 2. The van der Waals surface area contributed by atoms with Crippen LogP contribution >= 0.6 is 11.6 Å². The third-order valence-corrected chi connectivity index (χ3v) is 8.34. The summed E-state index contributed by atoms with van der Waals surface area (Å²) in [6.45, 7) is 4.73. The number of benzene rings is 2. The molecule has 0 atom stereocenters. The van der Waals surface area contributed by atoms with Crippen molar-refractivity contribution in [3.8, 4) is 11.1 Å². The van der Waals surface area contributed by atoms with Crippen molar-refractivity contribution in [3.05, 3.63) is 97.0 Å². The average Bonchev–Trinajstić information content (AvgIpc) is 3.18. The molecule has 0 unspecified atom stereocenters. The van der Waals surface area contributed by atoms with Crippen molar-refractivity contribution in [1.29, 1.82) is 0 Å². The number of fused-ring (bicyclic) bond motifs is 1. The molecule has 2 N–H and O–H groups in total. The fraction of sp³-hybridized carbons (Fsp3) is 0.231. The Hall–Kier alpha value is -3.96. The number of nitrogens with zero attached hydrogens (tertiary/aromatic N) is 2. The van der Waals surface area contributed by atoms with Gasteiger partial charge in [-0.05, 0) is 61.7 Å². The number of nitro groups is 1. The van der Waals surface area contributed by atoms with Crippen LogP contribution in [0.4, 0.5) is 5.69 Å². The van der Waals surface area contributed by atoms with Crippen molar-refractivity contribution in [1.82, 2.24) is 14.3 Å². The molecule has 2 aromatic carbocycles. The highest BCUT2D eigenvalue weighted by molar-refractivity contribution is 7.90. The number of rotatable bonds is 8. The van der Waals surface area contributed by atoms with E-state index in [0.717, 1.165) is 5.56 Å². The number of aryl methyl sites for hydroxylation is 1. The highest BCUT2D eigenvalue weighted by Gasteiger charge is 2.29. The van der Waals surface area contributed by atoms with E-state index in [1.54, 1.807) is 18.2 Å². The zero-order valence-corrected chi connectivity index (χ0v) is 22.4. The molecule has 4 rings (SSSR count). The Balaban J connectivity index is 2.09. The molecule has 0 aliphatic heterocycles. The van der Waals surface area contributed by atoms with Gasteiger partial charge in [-0.25, -0.2) is 13.1 Å². The van der Waals surface area contributed by atoms with Crippen LogP contribution in [-0.4, -0.2) is 34.0 Å². The molecule has 38 heavy (non-hydrogen) atoms. The Labute approximate surface area is 223 Å². The topological polar surface area (TPSA) is 144 Å². The Morgan fingerprint density at radius 2 is 1.92 bits per heavy atom. The van der Waals surface area contributed by atoms with Crippen LogP contribution in [0.2, 0.25) is 5.02 Å². The lowest BCUT2D eigenvalue weighted by molar-refractivity contribution is -0.384. The molecule has 4 aromatic rings. The smallest absolute Gasteiger partial charge is 0.282 e. The van der Waals surface area contributed by atoms with Crippen molar-refractivity contribution >= 4 is 44.1 Å². The molecule has 198 valence electrons. The number of pyridine rings is 1. The number of halogens is 1. The van der Waals surface area contributed by atoms with Gasteiger partial charge in [0.15, 0.2) is 0 Å². The van der Waals surface area contributed by atoms with Gasteiger partial charge in [0.05, 0.1) is 16.7 Å². The minimum absolute atomic E-state index is 0.0863. The summed E-state index contributed by atoms with van der Waals surface area (Å²) < 4.78 is 29.0. The zero-order valence-electron chi connectivity index (χ0n) is 20.8. The Kier molecular flexibility index (Phi) is 7.43. The van der Waals surface area contributed by atoms with E-state index in [2.05, 4.69) is 9.71 Å². The van der Waals surface area contributed by atoms with Gasteiger partial charge in [-0.3, -0.25) is 19.7 Å². The second-order valence-corrected chi connectivity index (χ2v) is 11.6. The first-order valence-corrected chi connectivity index (χ1v) is 13.7. The van der Waals surface area contributed by atoms with Gasteiger partial charge < -0.3 is 9.55 Å². The number of nitrogens with one attached hydrogen (secondary N) is 2. The Bertz CT molecular complexity index is 1740. The van der Waals surface area contributed by atoms with Crippen molar-refractivity contribution < 1.29 is 18.1 Å². The molecule has 12 heteroatoms. The number of carbonyl (C=O) groups excluding carboxylic acids is 1. The fourth-order valence-electron chi connectivity index (χ4n) is 4.17. The molecule has 0 aliphatic carbocycles. The number of sulfonamides is 1. The average molecular weight is 557 g/mol. The molecule has 10 nitrogen and oxygen atoms in total. The summed E-state index contributed by atoms with van der Waals surface area (Å²) in [7, 11) is -4.03. The van der Waals surface area contributed by atoms with Crippen LogP contribution in [0.1, 0.15) is 42.4 Å². The zero-order chi connectivity index (χ0) is 27.8. The predicted molar refractivity (Wildman–Crippen MR) is 146 cm³/mol. The molecule has 2 heterocycles. The van der Waals surface area contributed by atoms with Gasteiger partial charge >= 0.3 is 0 Å². The second kappa shape index (κ2) is 10.4. The van der Waals surface area contributed by atoms with E-state index in [1.807, 2.05) is 19.1 Å². The number of nitro benzene ring substituents is 1. The quantitative estimate of drug-likeness (QED) is 0.239. The first-order chi connectivity index (χ1) is 17.9. The predicted octanol–water partition coefficient (Wildman–Crippen LogP) is 4.64. The van der Waals surface area contributed by atoms with E-state index >= 15 is 0 Å². The van der Waals surface area contributed by atoms with Gasteiger partial charge in [-0.2, -0.15) is 0 Å². The lowest BCUT2D eigenvalue weighted by Crippen LogP contribution is -2.37. The third-order valence-electron chi connectivity index (χ3n) is 6.26. The summed E-state index contributed by atoms with van der Waals surface area (Å²) >= 11 is 6.39. The van der Waals surface area contributed by atoms with Gasteiger partial charge in [0, 0.05) is 45.4 Å². The normalized spacial score (nSPS) is 11.7. The summed E-state index contributed by atoms with van der Waals surface area (Å²) in [6, 6.07) is 12.6. The van der Waals surface area contributed by atoms with Gasteiger partial charge in [0.25, 0.3) is 17.2 Å². The van der Waals surface area contributed by atoms with E-state index in [9.17, 15) is 28.1 Å². The van der Waals surface area contributed by atoms with Crippen molar-refractivity contribution in [2.24, 2.45) is 0 Å². The van der Waals surface area contributed by atoms with E-state index < -0.39 is 31.7 Å². The Morgan fingerprint density at radius 1 is 1.18 bits per heavy atom. The van der Waals surface area contributed by atoms with Gasteiger partial charge in [-0.1, -0.05) is 24.6 Å². The summed E-state index contributed by atoms with van der Waals surface area (Å²) in [4.78, 5) is 40.1. The third kappa shape index (κ3) is 5.07. The van der Waals surface area contributed by atoms with Crippen molar-refractivity contribution in [2.45, 2.75) is 39.0 Å². The summed E-state index contributed by atoms with van der Waals surface area (Å²) in [5.74, 6) is -0.937. The SMILES string of the molecule is CCc1ccc2c(c1)c(-c1ccc[nH]c1=O)c(C(=O)NS(=O)(=O)C(C)C)n2Cc1cc([N+](=O)[O-])ccc1Cl. The monoisotopic (exact) mass is 556 g/mol. The summed E-state index contributed by atoms with van der Waals surface area (Å²) in [5, 5.41) is 11.3. The molecule has 0 radical (unpaired) electrons. The van der Waals surface area contributed by atoms with E-state index in [1.165, 1.54) is 42.8 Å². The van der Waals surface area contributed by atoms with Crippen LogP contribution in [0.3, 0.4) is 0 Å². The number of non-ortho nitro benzene ring substituents is 1. The Morgan fingerprint density at radius 3 is 2.55 bits per heavy atom. The number of amides is 1.